The predicted octanol–water partition coefficient (Wildman–Crippen LogP) is 2.67. The van der Waals surface area contributed by atoms with Crippen molar-refractivity contribution in [2.24, 2.45) is 23.5 Å². The summed E-state index contributed by atoms with van der Waals surface area (Å²) in [5.74, 6) is -0.0962. The molecule has 0 heterocycles. The number of esters is 2. The van der Waals surface area contributed by atoms with Crippen LogP contribution < -0.4 is 5.73 Å². The van der Waals surface area contributed by atoms with E-state index in [-0.39, 0.29) is 18.3 Å². The van der Waals surface area contributed by atoms with Crippen LogP contribution in [0.25, 0.3) is 0 Å². The van der Waals surface area contributed by atoms with E-state index >= 15 is 0 Å². The minimum atomic E-state index is -0.588. The molecule has 0 saturated carbocycles. The molecule has 4 heteroatoms. The SMILES string of the molecule is CC(C)C=CC(=O)OC(=O)CC(CCN)CC(C)C. The Morgan fingerprint density at radius 3 is 2.32 bits per heavy atom. The van der Waals surface area contributed by atoms with Crippen LogP contribution in [0.4, 0.5) is 0 Å². The second-order valence-electron chi connectivity index (χ2n) is 5.67. The van der Waals surface area contributed by atoms with Gasteiger partial charge in [0.2, 0.25) is 0 Å². The van der Waals surface area contributed by atoms with Gasteiger partial charge in [-0.25, -0.2) is 4.79 Å². The van der Waals surface area contributed by atoms with Crippen LogP contribution in [-0.2, 0) is 14.3 Å². The summed E-state index contributed by atoms with van der Waals surface area (Å²) >= 11 is 0. The number of ether oxygens (including phenoxy) is 1. The first kappa shape index (κ1) is 17.8. The van der Waals surface area contributed by atoms with Gasteiger partial charge in [-0.05, 0) is 37.1 Å². The Kier molecular flexibility index (Phi) is 9.13. The van der Waals surface area contributed by atoms with Gasteiger partial charge in [0.25, 0.3) is 0 Å². The van der Waals surface area contributed by atoms with Gasteiger partial charge in [0.1, 0.15) is 0 Å². The lowest BCUT2D eigenvalue weighted by Crippen LogP contribution is -2.18. The predicted molar refractivity (Wildman–Crippen MR) is 76.3 cm³/mol. The summed E-state index contributed by atoms with van der Waals surface area (Å²) in [6, 6.07) is 0. The molecule has 0 aromatic rings. The number of allylic oxidation sites excluding steroid dienone is 1. The van der Waals surface area contributed by atoms with Crippen molar-refractivity contribution < 1.29 is 14.3 Å². The van der Waals surface area contributed by atoms with Gasteiger partial charge in [0.05, 0.1) is 0 Å². The molecule has 0 bridgehead atoms. The fourth-order valence-corrected chi connectivity index (χ4v) is 1.90. The van der Waals surface area contributed by atoms with Crippen LogP contribution in [0.3, 0.4) is 0 Å². The molecular weight excluding hydrogens is 242 g/mol. The third kappa shape index (κ3) is 10.4. The second-order valence-corrected chi connectivity index (χ2v) is 5.67. The maximum atomic E-state index is 11.6. The first-order chi connectivity index (χ1) is 8.85. The molecule has 0 aliphatic carbocycles. The number of hydrogen-bond acceptors (Lipinski definition) is 4. The van der Waals surface area contributed by atoms with E-state index in [0.29, 0.717) is 12.5 Å². The lowest BCUT2D eigenvalue weighted by molar-refractivity contribution is -0.157. The Balaban J connectivity index is 4.21. The maximum Gasteiger partial charge on any atom is 0.338 e. The van der Waals surface area contributed by atoms with Crippen LogP contribution in [0.15, 0.2) is 12.2 Å². The molecule has 0 rings (SSSR count). The van der Waals surface area contributed by atoms with Gasteiger partial charge >= 0.3 is 11.9 Å². The molecule has 110 valence electrons. The third-order valence-electron chi connectivity index (χ3n) is 2.67. The highest BCUT2D eigenvalue weighted by molar-refractivity contribution is 5.92. The molecule has 0 aliphatic rings. The molecule has 4 nitrogen and oxygen atoms in total. The summed E-state index contributed by atoms with van der Waals surface area (Å²) in [4.78, 5) is 23.0. The Labute approximate surface area is 116 Å². The van der Waals surface area contributed by atoms with Crippen molar-refractivity contribution in [2.75, 3.05) is 6.54 Å². The molecular formula is C15H27NO3. The van der Waals surface area contributed by atoms with E-state index in [2.05, 4.69) is 13.8 Å². The zero-order valence-corrected chi connectivity index (χ0v) is 12.5. The molecule has 0 aromatic heterocycles. The molecule has 19 heavy (non-hydrogen) atoms. The second kappa shape index (κ2) is 9.73. The van der Waals surface area contributed by atoms with Crippen molar-refractivity contribution in [3.8, 4) is 0 Å². The van der Waals surface area contributed by atoms with E-state index in [4.69, 9.17) is 10.5 Å². The Hall–Kier alpha value is -1.16. The van der Waals surface area contributed by atoms with E-state index in [1.165, 1.54) is 6.08 Å². The minimum absolute atomic E-state index is 0.194. The number of hydrogen-bond donors (Lipinski definition) is 1. The first-order valence-electron chi connectivity index (χ1n) is 6.98. The minimum Gasteiger partial charge on any atom is -0.390 e. The summed E-state index contributed by atoms with van der Waals surface area (Å²) in [5, 5.41) is 0. The lowest BCUT2D eigenvalue weighted by Gasteiger charge is -2.16. The largest absolute Gasteiger partial charge is 0.390 e. The van der Waals surface area contributed by atoms with Gasteiger partial charge in [0.15, 0.2) is 0 Å². The average Bonchev–Trinajstić information content (AvgIpc) is 2.25. The topological polar surface area (TPSA) is 69.4 Å². The number of carbonyl (C=O) groups excluding carboxylic acids is 2. The maximum absolute atomic E-state index is 11.6. The molecule has 0 fully saturated rings. The van der Waals surface area contributed by atoms with Gasteiger partial charge in [0, 0.05) is 12.5 Å². The molecule has 0 spiro atoms. The van der Waals surface area contributed by atoms with Gasteiger partial charge < -0.3 is 10.5 Å². The van der Waals surface area contributed by atoms with Gasteiger partial charge in [-0.1, -0.05) is 33.8 Å². The van der Waals surface area contributed by atoms with Crippen LogP contribution in [0.1, 0.15) is 47.0 Å². The molecule has 1 unspecified atom stereocenters. The highest BCUT2D eigenvalue weighted by Gasteiger charge is 2.17. The summed E-state index contributed by atoms with van der Waals surface area (Å²) in [6.07, 6.45) is 4.98. The molecule has 1 atom stereocenters. The summed E-state index contributed by atoms with van der Waals surface area (Å²) < 4.78 is 4.75. The molecule has 0 aromatic carbocycles. The molecule has 0 radical (unpaired) electrons. The van der Waals surface area contributed by atoms with Crippen molar-refractivity contribution in [2.45, 2.75) is 47.0 Å². The van der Waals surface area contributed by atoms with Gasteiger partial charge in [-0.2, -0.15) is 0 Å². The quantitative estimate of drug-likeness (QED) is 0.418. The van der Waals surface area contributed by atoms with E-state index in [0.717, 1.165) is 12.8 Å². The van der Waals surface area contributed by atoms with Gasteiger partial charge in [-0.3, -0.25) is 4.79 Å². The first-order valence-corrected chi connectivity index (χ1v) is 6.98. The highest BCUT2D eigenvalue weighted by Crippen LogP contribution is 2.19. The Morgan fingerprint density at radius 1 is 1.21 bits per heavy atom. The van der Waals surface area contributed by atoms with Crippen molar-refractivity contribution in [1.29, 1.82) is 0 Å². The van der Waals surface area contributed by atoms with E-state index in [1.54, 1.807) is 6.08 Å². The van der Waals surface area contributed by atoms with E-state index in [9.17, 15) is 9.59 Å². The van der Waals surface area contributed by atoms with E-state index < -0.39 is 11.9 Å². The highest BCUT2D eigenvalue weighted by atomic mass is 16.6. The van der Waals surface area contributed by atoms with E-state index in [1.807, 2.05) is 13.8 Å². The zero-order chi connectivity index (χ0) is 14.8. The molecule has 0 amide bonds. The average molecular weight is 269 g/mol. The normalized spacial score (nSPS) is 13.2. The van der Waals surface area contributed by atoms with Crippen molar-refractivity contribution >= 4 is 11.9 Å². The Bertz CT molecular complexity index is 309. The van der Waals surface area contributed by atoms with Crippen LogP contribution >= 0.6 is 0 Å². The van der Waals surface area contributed by atoms with Crippen molar-refractivity contribution in [3.63, 3.8) is 0 Å². The Morgan fingerprint density at radius 2 is 1.84 bits per heavy atom. The number of nitrogens with two attached hydrogens (primary N) is 1. The smallest absolute Gasteiger partial charge is 0.338 e. The van der Waals surface area contributed by atoms with Crippen molar-refractivity contribution in [1.82, 2.24) is 0 Å². The molecule has 0 saturated heterocycles. The molecule has 0 aliphatic heterocycles. The van der Waals surface area contributed by atoms with Crippen LogP contribution in [0, 0.1) is 17.8 Å². The van der Waals surface area contributed by atoms with Crippen LogP contribution in [-0.4, -0.2) is 18.5 Å². The van der Waals surface area contributed by atoms with Crippen molar-refractivity contribution in [3.05, 3.63) is 12.2 Å². The standard InChI is InChI=1S/C15H27NO3/c1-11(2)5-6-14(17)19-15(18)10-13(7-8-16)9-12(3)4/h5-6,11-13H,7-10,16H2,1-4H3. The lowest BCUT2D eigenvalue weighted by atomic mass is 9.91. The number of carbonyl (C=O) groups is 2. The molecule has 2 N–H and O–H groups in total. The summed E-state index contributed by atoms with van der Waals surface area (Å²) in [6.45, 7) is 8.65. The summed E-state index contributed by atoms with van der Waals surface area (Å²) in [5.41, 5.74) is 5.53. The fourth-order valence-electron chi connectivity index (χ4n) is 1.90. The fraction of sp³-hybridized carbons (Fsp3) is 0.733. The zero-order valence-electron chi connectivity index (χ0n) is 12.5. The summed E-state index contributed by atoms with van der Waals surface area (Å²) in [7, 11) is 0. The third-order valence-corrected chi connectivity index (χ3v) is 2.67. The number of rotatable bonds is 8. The van der Waals surface area contributed by atoms with Crippen LogP contribution in [0.2, 0.25) is 0 Å². The van der Waals surface area contributed by atoms with Crippen LogP contribution in [0.5, 0.6) is 0 Å². The monoisotopic (exact) mass is 269 g/mol. The van der Waals surface area contributed by atoms with Gasteiger partial charge in [-0.15, -0.1) is 0 Å².